The van der Waals surface area contributed by atoms with Gasteiger partial charge in [0.15, 0.2) is 15.5 Å². The maximum atomic E-state index is 13.0. The smallest absolute Gasteiger partial charge is 0.348 e. The number of nitrogens with zero attached hydrogens (tertiary/aromatic N) is 2. The van der Waals surface area contributed by atoms with Gasteiger partial charge in [-0.1, -0.05) is 6.07 Å². The van der Waals surface area contributed by atoms with Crippen LogP contribution in [0.15, 0.2) is 35.2 Å². The zero-order chi connectivity index (χ0) is 25.7. The number of halogens is 6. The molecule has 0 aliphatic heterocycles. The van der Waals surface area contributed by atoms with Crippen LogP contribution in [0.4, 0.5) is 26.3 Å². The molecule has 34 heavy (non-hydrogen) atoms. The lowest BCUT2D eigenvalue weighted by Gasteiger charge is -2.40. The highest BCUT2D eigenvalue weighted by molar-refractivity contribution is 7.92. The minimum atomic E-state index is -4.69. The van der Waals surface area contributed by atoms with E-state index in [1.54, 1.807) is 0 Å². The summed E-state index contributed by atoms with van der Waals surface area (Å²) in [5.74, 6) is -0.872. The van der Waals surface area contributed by atoms with Crippen molar-refractivity contribution in [3.63, 3.8) is 0 Å². The molecule has 1 N–H and O–H groups in total. The Kier molecular flexibility index (Phi) is 6.57. The average molecular weight is 511 g/mol. The highest BCUT2D eigenvalue weighted by atomic mass is 32.2. The van der Waals surface area contributed by atoms with Crippen molar-refractivity contribution in [2.75, 3.05) is 0 Å². The van der Waals surface area contributed by atoms with Gasteiger partial charge in [0.05, 0.1) is 15.2 Å². The van der Waals surface area contributed by atoms with Gasteiger partial charge in [0.25, 0.3) is 5.91 Å². The van der Waals surface area contributed by atoms with Gasteiger partial charge in [-0.2, -0.15) is 31.4 Å². The van der Waals surface area contributed by atoms with Gasteiger partial charge in [0.2, 0.25) is 0 Å². The van der Waals surface area contributed by atoms with Crippen molar-refractivity contribution in [1.29, 1.82) is 0 Å². The van der Waals surface area contributed by atoms with E-state index >= 15 is 0 Å². The standard InChI is InChI=1S/C21H23F6N3O3S/c1-19(2,34(32,33)15-6-4-5-13(9-15)20(22,23)24)11-12-7-14(8-12)28-18(31)16-10-17(21(25,26)27)29-30(16)3/h4-6,9-10,12,14H,7-8,11H2,1-3H3,(H,28,31). The van der Waals surface area contributed by atoms with Gasteiger partial charge in [-0.15, -0.1) is 0 Å². The maximum Gasteiger partial charge on any atom is 0.435 e. The van der Waals surface area contributed by atoms with Crippen molar-refractivity contribution >= 4 is 15.7 Å². The quantitative estimate of drug-likeness (QED) is 0.575. The third-order valence-electron chi connectivity index (χ3n) is 5.95. The number of aryl methyl sites for hydroxylation is 1. The zero-order valence-corrected chi connectivity index (χ0v) is 19.3. The van der Waals surface area contributed by atoms with Crippen LogP contribution >= 0.6 is 0 Å². The molecule has 0 atom stereocenters. The number of benzene rings is 1. The Hall–Kier alpha value is -2.57. The molecule has 0 spiro atoms. The van der Waals surface area contributed by atoms with Crippen LogP contribution in [0.3, 0.4) is 0 Å². The van der Waals surface area contributed by atoms with Gasteiger partial charge < -0.3 is 5.32 Å². The molecule has 1 aliphatic carbocycles. The molecule has 0 saturated heterocycles. The molecule has 1 saturated carbocycles. The monoisotopic (exact) mass is 511 g/mol. The van der Waals surface area contributed by atoms with Crippen molar-refractivity contribution in [3.05, 3.63) is 47.3 Å². The molecule has 6 nitrogen and oxygen atoms in total. The highest BCUT2D eigenvalue weighted by Crippen LogP contribution is 2.40. The summed E-state index contributed by atoms with van der Waals surface area (Å²) < 4.78 is 103. The van der Waals surface area contributed by atoms with Gasteiger partial charge in [-0.3, -0.25) is 9.48 Å². The van der Waals surface area contributed by atoms with Crippen LogP contribution in [0.2, 0.25) is 0 Å². The van der Waals surface area contributed by atoms with E-state index in [0.717, 1.165) is 22.9 Å². The summed E-state index contributed by atoms with van der Waals surface area (Å²) in [5, 5.41) is 5.90. The van der Waals surface area contributed by atoms with E-state index in [0.29, 0.717) is 25.0 Å². The summed E-state index contributed by atoms with van der Waals surface area (Å²) in [6.45, 7) is 2.87. The van der Waals surface area contributed by atoms with Crippen molar-refractivity contribution in [3.8, 4) is 0 Å². The van der Waals surface area contributed by atoms with E-state index in [2.05, 4.69) is 10.4 Å². The SMILES string of the molecule is Cn1nc(C(F)(F)F)cc1C(=O)NC1CC(CC(C)(C)S(=O)(=O)c2cccc(C(F)(F)F)c2)C1. The molecule has 0 radical (unpaired) electrons. The first-order valence-electron chi connectivity index (χ1n) is 10.3. The fourth-order valence-corrected chi connectivity index (χ4v) is 5.69. The van der Waals surface area contributed by atoms with E-state index in [-0.39, 0.29) is 24.1 Å². The molecule has 1 heterocycles. The highest BCUT2D eigenvalue weighted by Gasteiger charge is 2.43. The lowest BCUT2D eigenvalue weighted by atomic mass is 9.75. The van der Waals surface area contributed by atoms with Gasteiger partial charge in [0.1, 0.15) is 5.69 Å². The normalized spacial score (nSPS) is 19.6. The van der Waals surface area contributed by atoms with Crippen LogP contribution in [-0.4, -0.2) is 34.9 Å². The maximum absolute atomic E-state index is 13.0. The molecule has 0 bridgehead atoms. The van der Waals surface area contributed by atoms with Crippen LogP contribution in [0.1, 0.15) is 54.9 Å². The van der Waals surface area contributed by atoms with Crippen LogP contribution < -0.4 is 5.32 Å². The summed E-state index contributed by atoms with van der Waals surface area (Å²) in [6.07, 6.45) is -8.45. The lowest BCUT2D eigenvalue weighted by molar-refractivity contribution is -0.141. The second-order valence-electron chi connectivity index (χ2n) is 9.04. The zero-order valence-electron chi connectivity index (χ0n) is 18.5. The Morgan fingerprint density at radius 3 is 2.24 bits per heavy atom. The number of carbonyl (C=O) groups is 1. The molecule has 1 aromatic carbocycles. The van der Waals surface area contributed by atoms with Crippen molar-refractivity contribution < 1.29 is 39.6 Å². The molecule has 1 amide bonds. The number of carbonyl (C=O) groups excluding carboxylic acids is 1. The first-order chi connectivity index (χ1) is 15.4. The third-order valence-corrected chi connectivity index (χ3v) is 8.45. The van der Waals surface area contributed by atoms with Gasteiger partial charge in [0, 0.05) is 19.2 Å². The molecule has 188 valence electrons. The van der Waals surface area contributed by atoms with Gasteiger partial charge in [-0.25, -0.2) is 8.42 Å². The number of alkyl halides is 6. The number of hydrogen-bond donors (Lipinski definition) is 1. The van der Waals surface area contributed by atoms with Gasteiger partial charge >= 0.3 is 12.4 Å². The molecule has 1 aromatic heterocycles. The Morgan fingerprint density at radius 2 is 1.71 bits per heavy atom. The van der Waals surface area contributed by atoms with E-state index in [1.165, 1.54) is 20.9 Å². The third kappa shape index (κ3) is 5.23. The molecule has 3 rings (SSSR count). The first-order valence-corrected chi connectivity index (χ1v) is 11.7. The fraction of sp³-hybridized carbons (Fsp3) is 0.524. The van der Waals surface area contributed by atoms with E-state index in [9.17, 15) is 39.6 Å². The minimum Gasteiger partial charge on any atom is -0.348 e. The molecule has 0 unspecified atom stereocenters. The fourth-order valence-electron chi connectivity index (χ4n) is 4.06. The predicted molar refractivity (Wildman–Crippen MR) is 110 cm³/mol. The number of sulfone groups is 1. The van der Waals surface area contributed by atoms with Gasteiger partial charge in [-0.05, 0) is 57.2 Å². The number of rotatable bonds is 6. The lowest BCUT2D eigenvalue weighted by Crippen LogP contribution is -2.47. The second-order valence-corrected chi connectivity index (χ2v) is 11.6. The average Bonchev–Trinajstić information content (AvgIpc) is 3.07. The first kappa shape index (κ1) is 26.0. The molecular formula is C21H23F6N3O3S. The number of hydrogen-bond acceptors (Lipinski definition) is 4. The summed E-state index contributed by atoms with van der Waals surface area (Å²) >= 11 is 0. The molecule has 2 aromatic rings. The molecular weight excluding hydrogens is 488 g/mol. The Morgan fingerprint density at radius 1 is 1.09 bits per heavy atom. The summed E-state index contributed by atoms with van der Waals surface area (Å²) in [7, 11) is -2.88. The van der Waals surface area contributed by atoms with E-state index in [1.807, 2.05) is 0 Å². The van der Waals surface area contributed by atoms with Crippen LogP contribution in [-0.2, 0) is 29.2 Å². The van der Waals surface area contributed by atoms with E-state index < -0.39 is 49.0 Å². The Balaban J connectivity index is 1.62. The second kappa shape index (κ2) is 8.58. The number of amides is 1. The molecule has 13 heteroatoms. The summed E-state index contributed by atoms with van der Waals surface area (Å²) in [4.78, 5) is 11.9. The predicted octanol–water partition coefficient (Wildman–Crippen LogP) is 4.61. The van der Waals surface area contributed by atoms with E-state index in [4.69, 9.17) is 0 Å². The minimum absolute atomic E-state index is 0.141. The van der Waals surface area contributed by atoms with Crippen molar-refractivity contribution in [2.45, 2.75) is 61.1 Å². The Labute approximate surface area is 192 Å². The van der Waals surface area contributed by atoms with Crippen LogP contribution in [0, 0.1) is 5.92 Å². The van der Waals surface area contributed by atoms with Crippen molar-refractivity contribution in [2.24, 2.45) is 13.0 Å². The molecule has 1 aliphatic rings. The van der Waals surface area contributed by atoms with Crippen LogP contribution in [0.25, 0.3) is 0 Å². The number of aromatic nitrogens is 2. The summed E-state index contributed by atoms with van der Waals surface area (Å²) in [5.41, 5.74) is -2.50. The Bertz CT molecular complexity index is 1180. The number of nitrogens with one attached hydrogen (secondary N) is 1. The van der Waals surface area contributed by atoms with Crippen molar-refractivity contribution in [1.82, 2.24) is 15.1 Å². The largest absolute Gasteiger partial charge is 0.435 e. The molecule has 1 fully saturated rings. The van der Waals surface area contributed by atoms with Crippen LogP contribution in [0.5, 0.6) is 0 Å². The topological polar surface area (TPSA) is 81.1 Å². The summed E-state index contributed by atoms with van der Waals surface area (Å²) in [6, 6.07) is 3.86.